The number of carbonyl (C=O) groups excluding carboxylic acids is 6. The topological polar surface area (TPSA) is 238 Å². The van der Waals surface area contributed by atoms with E-state index in [-0.39, 0.29) is 82.8 Å². The highest BCUT2D eigenvalue weighted by Crippen LogP contribution is 2.41. The highest BCUT2D eigenvalue weighted by Gasteiger charge is 2.36. The molecular weight excluding hydrogens is 777 g/mol. The molecule has 0 aliphatic carbocycles. The molecule has 4 atom stereocenters. The number of aryl methyl sites for hydroxylation is 2. The van der Waals surface area contributed by atoms with Gasteiger partial charge in [0, 0.05) is 80.8 Å². The van der Waals surface area contributed by atoms with Crippen LogP contribution in [0.2, 0.25) is 0 Å². The Balaban J connectivity index is 1.87. The van der Waals surface area contributed by atoms with Gasteiger partial charge in [0.05, 0.1) is 12.1 Å². The first kappa shape index (κ1) is 47.8. The van der Waals surface area contributed by atoms with E-state index >= 15 is 0 Å². The van der Waals surface area contributed by atoms with Crippen molar-refractivity contribution in [2.45, 2.75) is 97.1 Å². The molecule has 326 valence electrons. The monoisotopic (exact) mass is 836 g/mol. The van der Waals surface area contributed by atoms with E-state index in [0.29, 0.717) is 39.3 Å². The first-order valence-corrected chi connectivity index (χ1v) is 21.1. The number of nitrogens with two attached hydrogens (primary N) is 3. The van der Waals surface area contributed by atoms with Gasteiger partial charge in [0.15, 0.2) is 17.3 Å². The molecule has 0 radical (unpaired) electrons. The maximum atomic E-state index is 14.7. The largest absolute Gasteiger partial charge is 0.492 e. The van der Waals surface area contributed by atoms with Crippen LogP contribution in [-0.2, 0) is 36.8 Å². The summed E-state index contributed by atoms with van der Waals surface area (Å²) in [4.78, 5) is 83.9. The molecule has 3 aromatic rings. The summed E-state index contributed by atoms with van der Waals surface area (Å²) in [5.74, 6) is -4.01. The maximum Gasteiger partial charge on any atom is 0.226 e. The predicted octanol–water partition coefficient (Wildman–Crippen LogP) is 4.84. The highest BCUT2D eigenvalue weighted by atomic mass is 16.5. The van der Waals surface area contributed by atoms with Gasteiger partial charge in [-0.1, -0.05) is 50.6 Å². The van der Waals surface area contributed by atoms with Gasteiger partial charge in [-0.3, -0.25) is 28.8 Å². The van der Waals surface area contributed by atoms with Crippen LogP contribution >= 0.6 is 0 Å². The lowest BCUT2D eigenvalue weighted by Gasteiger charge is -2.32. The van der Waals surface area contributed by atoms with Crippen molar-refractivity contribution >= 4 is 35.1 Å². The third kappa shape index (κ3) is 13.0. The Bertz CT molecular complexity index is 2110. The van der Waals surface area contributed by atoms with Gasteiger partial charge in [0.1, 0.15) is 30.8 Å². The van der Waals surface area contributed by atoms with E-state index in [1.54, 1.807) is 43.3 Å². The van der Waals surface area contributed by atoms with E-state index in [2.05, 4.69) is 12.2 Å². The van der Waals surface area contributed by atoms with Crippen molar-refractivity contribution in [3.05, 3.63) is 82.4 Å². The Morgan fingerprint density at radius 3 is 2.23 bits per heavy atom. The Hall–Kier alpha value is -5.91. The summed E-state index contributed by atoms with van der Waals surface area (Å²) in [6.07, 6.45) is 2.12. The molecule has 0 aromatic heterocycles. The number of ether oxygens (including phenoxy) is 2. The number of hydrogen-bond donors (Lipinski definition) is 4. The molecule has 0 saturated carbocycles. The molecule has 14 heteroatoms. The van der Waals surface area contributed by atoms with Crippen molar-refractivity contribution < 1.29 is 38.2 Å². The third-order valence-corrected chi connectivity index (χ3v) is 11.0. The molecule has 14 nitrogen and oxygen atoms in total. The molecule has 0 unspecified atom stereocenters. The number of fused-ring (bicyclic) bond motifs is 5. The fourth-order valence-corrected chi connectivity index (χ4v) is 7.67. The number of rotatable bonds is 20. The van der Waals surface area contributed by atoms with Gasteiger partial charge < -0.3 is 36.9 Å². The second-order valence-electron chi connectivity index (χ2n) is 15.8. The first-order chi connectivity index (χ1) is 29.2. The van der Waals surface area contributed by atoms with Crippen molar-refractivity contribution in [3.63, 3.8) is 0 Å². The zero-order valence-corrected chi connectivity index (χ0v) is 35.8. The van der Waals surface area contributed by atoms with Crippen LogP contribution < -0.4 is 32.0 Å². The maximum absolute atomic E-state index is 14.7. The molecule has 1 aliphatic heterocycles. The van der Waals surface area contributed by atoms with Gasteiger partial charge >= 0.3 is 0 Å². The number of likely N-dealkylation sites (N-methyl/N-ethyl adjacent to an activating group) is 1. The lowest BCUT2D eigenvalue weighted by Crippen LogP contribution is -2.45. The van der Waals surface area contributed by atoms with Crippen LogP contribution in [0.3, 0.4) is 0 Å². The molecule has 1 heterocycles. The lowest BCUT2D eigenvalue weighted by atomic mass is 9.87. The van der Waals surface area contributed by atoms with Gasteiger partial charge in [-0.15, -0.1) is 0 Å². The van der Waals surface area contributed by atoms with Crippen molar-refractivity contribution in [1.82, 2.24) is 10.2 Å². The summed E-state index contributed by atoms with van der Waals surface area (Å²) >= 11 is 0. The Kier molecular flexibility index (Phi) is 18.2. The number of carbonyl (C=O) groups is 6. The first-order valence-electron chi connectivity index (χ1n) is 21.1. The number of nitriles is 1. The van der Waals surface area contributed by atoms with E-state index in [1.165, 1.54) is 11.9 Å². The van der Waals surface area contributed by atoms with Crippen molar-refractivity contribution in [1.29, 1.82) is 5.26 Å². The molecule has 3 aromatic carbocycles. The summed E-state index contributed by atoms with van der Waals surface area (Å²) in [5.41, 5.74) is 21.6. The Labute approximate surface area is 358 Å². The quantitative estimate of drug-likeness (QED) is 0.112. The summed E-state index contributed by atoms with van der Waals surface area (Å²) in [6, 6.07) is 15.7. The number of amides is 3. The molecular formula is C47H60N6O8. The van der Waals surface area contributed by atoms with Gasteiger partial charge in [0.25, 0.3) is 0 Å². The molecule has 7 N–H and O–H groups in total. The minimum atomic E-state index is -1.27. The predicted molar refractivity (Wildman–Crippen MR) is 231 cm³/mol. The summed E-state index contributed by atoms with van der Waals surface area (Å²) < 4.78 is 12.2. The van der Waals surface area contributed by atoms with Gasteiger partial charge in [-0.2, -0.15) is 5.26 Å². The number of nitrogens with one attached hydrogen (secondary N) is 1. The van der Waals surface area contributed by atoms with Crippen LogP contribution in [0.1, 0.15) is 104 Å². The third-order valence-electron chi connectivity index (χ3n) is 11.0. The SMILES string of the molecule is CCCCc1ccc(C(=O)C[C@@H](CCC(N)=O)C(=O)N(C)[C@@H]2C(=O)C[C@@H](C)C(=O)N[C@H](C(=O)CCC#N)Cc3ccc(OCCN)c(c3)-c3cc2ccc3OCCN)c(C)c1. The van der Waals surface area contributed by atoms with Crippen LogP contribution in [-0.4, -0.2) is 79.4 Å². The number of primary amides is 1. The van der Waals surface area contributed by atoms with Crippen molar-refractivity contribution in [3.8, 4) is 28.7 Å². The zero-order valence-electron chi connectivity index (χ0n) is 35.8. The second kappa shape index (κ2) is 23.2. The summed E-state index contributed by atoms with van der Waals surface area (Å²) in [6.45, 7) is 6.26. The Morgan fingerprint density at radius 2 is 1.61 bits per heavy atom. The molecule has 0 spiro atoms. The molecule has 0 saturated heterocycles. The number of ketones is 3. The Morgan fingerprint density at radius 1 is 0.934 bits per heavy atom. The fraction of sp³-hybridized carbons (Fsp3) is 0.468. The lowest BCUT2D eigenvalue weighted by molar-refractivity contribution is -0.142. The number of nitrogens with zero attached hydrogens (tertiary/aromatic N) is 2. The van der Waals surface area contributed by atoms with Gasteiger partial charge in [-0.25, -0.2) is 0 Å². The van der Waals surface area contributed by atoms with E-state index in [4.69, 9.17) is 26.7 Å². The molecule has 0 fully saturated rings. The molecule has 61 heavy (non-hydrogen) atoms. The van der Waals surface area contributed by atoms with Crippen LogP contribution in [0.4, 0.5) is 0 Å². The number of hydrogen-bond acceptors (Lipinski definition) is 11. The average molecular weight is 837 g/mol. The van der Waals surface area contributed by atoms with Crippen molar-refractivity contribution in [2.24, 2.45) is 29.0 Å². The van der Waals surface area contributed by atoms with E-state index < -0.39 is 47.4 Å². The normalized spacial score (nSPS) is 17.0. The molecule has 3 amide bonds. The van der Waals surface area contributed by atoms with Crippen LogP contribution in [0.5, 0.6) is 11.5 Å². The van der Waals surface area contributed by atoms with Crippen molar-refractivity contribution in [2.75, 3.05) is 33.4 Å². The van der Waals surface area contributed by atoms with Crippen LogP contribution in [0.25, 0.3) is 11.1 Å². The average Bonchev–Trinajstić information content (AvgIpc) is 3.24. The van der Waals surface area contributed by atoms with E-state index in [0.717, 1.165) is 30.4 Å². The van der Waals surface area contributed by atoms with E-state index in [1.807, 2.05) is 31.2 Å². The van der Waals surface area contributed by atoms with Crippen LogP contribution in [0.15, 0.2) is 54.6 Å². The molecule has 4 rings (SSSR count). The number of Topliss-reactive ketones (excluding diaryl/α,β-unsaturated/α-hetero) is 3. The minimum Gasteiger partial charge on any atom is -0.492 e. The second-order valence-corrected chi connectivity index (χ2v) is 15.8. The standard InChI is InChI=1S/C47H60N6O8/c1-5-6-8-31-10-14-35(29(2)23-31)40(55)28-34(13-17-44(51)57)47(59)53(4)45-33-12-16-43(61-22-20-50)37(27-33)36-25-32(11-15-42(36)60-21-19-49)26-38(39(54)9-7-18-48)52-46(58)30(3)24-41(45)56/h10-12,14-16,23,25,27,30,34,38,45H,5-9,13,17,19-22,24,26,28,49-50H2,1-4H3,(H2,51,57)(H,52,58)/t30-,34-,38+,45+/m1/s1. The van der Waals surface area contributed by atoms with Crippen LogP contribution in [0, 0.1) is 30.1 Å². The fourth-order valence-electron chi connectivity index (χ4n) is 7.67. The summed E-state index contributed by atoms with van der Waals surface area (Å²) in [5, 5.41) is 12.0. The highest BCUT2D eigenvalue weighted by molar-refractivity contribution is 6.01. The number of unbranched alkanes of at least 4 members (excludes halogenated alkanes) is 1. The smallest absolute Gasteiger partial charge is 0.226 e. The summed E-state index contributed by atoms with van der Waals surface area (Å²) in [7, 11) is 1.47. The zero-order chi connectivity index (χ0) is 44.6. The number of benzene rings is 3. The molecule has 4 bridgehead atoms. The van der Waals surface area contributed by atoms with E-state index in [9.17, 15) is 34.0 Å². The molecule has 1 aliphatic rings. The van der Waals surface area contributed by atoms with Gasteiger partial charge in [-0.05, 0) is 79.1 Å². The minimum absolute atomic E-state index is 0.0371. The van der Waals surface area contributed by atoms with Gasteiger partial charge in [0.2, 0.25) is 17.7 Å².